The second-order valence-electron chi connectivity index (χ2n) is 3.78. The number of nitrogens with two attached hydrogens (primary N) is 1. The lowest BCUT2D eigenvalue weighted by Gasteiger charge is -2.16. The predicted octanol–water partition coefficient (Wildman–Crippen LogP) is 2.89. The Bertz CT molecular complexity index is 525. The van der Waals surface area contributed by atoms with Crippen molar-refractivity contribution >= 4 is 11.3 Å². The number of hydrogen-bond donors (Lipinski definition) is 2. The highest BCUT2D eigenvalue weighted by atomic mass is 32.1. The number of hydrazine groups is 1. The van der Waals surface area contributed by atoms with Crippen LogP contribution in [-0.4, -0.2) is 0 Å². The van der Waals surface area contributed by atoms with Crippen molar-refractivity contribution in [2.24, 2.45) is 5.84 Å². The van der Waals surface area contributed by atoms with Gasteiger partial charge in [0.25, 0.3) is 0 Å². The van der Waals surface area contributed by atoms with Crippen molar-refractivity contribution in [2.75, 3.05) is 0 Å². The zero-order chi connectivity index (χ0) is 12.4. The Morgan fingerprint density at radius 3 is 2.53 bits per heavy atom. The zero-order valence-corrected chi connectivity index (χ0v) is 10.0. The highest BCUT2D eigenvalue weighted by molar-refractivity contribution is 7.08. The van der Waals surface area contributed by atoms with E-state index in [-0.39, 0.29) is 6.04 Å². The molecular formula is C12H12F2N2S. The third kappa shape index (κ3) is 2.36. The smallest absolute Gasteiger partial charge is 0.159 e. The summed E-state index contributed by atoms with van der Waals surface area (Å²) >= 11 is 1.55. The summed E-state index contributed by atoms with van der Waals surface area (Å²) in [5.74, 6) is 3.77. The lowest BCUT2D eigenvalue weighted by Crippen LogP contribution is -2.29. The summed E-state index contributed by atoms with van der Waals surface area (Å²) in [4.78, 5) is 0. The molecule has 5 heteroatoms. The van der Waals surface area contributed by atoms with Crippen LogP contribution in [0.1, 0.15) is 22.7 Å². The summed E-state index contributed by atoms with van der Waals surface area (Å²) < 4.78 is 26.0. The van der Waals surface area contributed by atoms with E-state index in [1.54, 1.807) is 11.3 Å². The van der Waals surface area contributed by atoms with Gasteiger partial charge in [-0.3, -0.25) is 5.84 Å². The van der Waals surface area contributed by atoms with E-state index in [4.69, 9.17) is 5.84 Å². The van der Waals surface area contributed by atoms with Gasteiger partial charge in [0.05, 0.1) is 6.04 Å². The normalized spacial score (nSPS) is 12.7. The molecule has 0 saturated heterocycles. The van der Waals surface area contributed by atoms with Crippen molar-refractivity contribution in [1.82, 2.24) is 5.43 Å². The number of benzene rings is 1. The Morgan fingerprint density at radius 2 is 2.00 bits per heavy atom. The summed E-state index contributed by atoms with van der Waals surface area (Å²) in [6.45, 7) is 1.95. The van der Waals surface area contributed by atoms with Gasteiger partial charge in [0.2, 0.25) is 0 Å². The lowest BCUT2D eigenvalue weighted by atomic mass is 9.99. The monoisotopic (exact) mass is 254 g/mol. The highest BCUT2D eigenvalue weighted by Gasteiger charge is 2.16. The second kappa shape index (κ2) is 4.91. The molecule has 0 saturated carbocycles. The minimum Gasteiger partial charge on any atom is -0.271 e. The van der Waals surface area contributed by atoms with E-state index in [0.29, 0.717) is 5.56 Å². The first-order valence-corrected chi connectivity index (χ1v) is 6.01. The molecule has 0 fully saturated rings. The molecule has 1 aromatic heterocycles. The molecule has 0 spiro atoms. The number of rotatable bonds is 3. The Kier molecular flexibility index (Phi) is 3.51. The van der Waals surface area contributed by atoms with Crippen molar-refractivity contribution in [2.45, 2.75) is 13.0 Å². The first kappa shape index (κ1) is 12.2. The summed E-state index contributed by atoms with van der Waals surface area (Å²) in [5.41, 5.74) is 5.28. The van der Waals surface area contributed by atoms with E-state index in [1.807, 2.05) is 17.7 Å². The maximum absolute atomic E-state index is 13.2. The quantitative estimate of drug-likeness (QED) is 0.653. The maximum Gasteiger partial charge on any atom is 0.159 e. The van der Waals surface area contributed by atoms with Gasteiger partial charge in [0.1, 0.15) is 0 Å². The molecule has 0 aliphatic heterocycles. The summed E-state index contributed by atoms with van der Waals surface area (Å²) in [6, 6.07) is 3.48. The Morgan fingerprint density at radius 1 is 1.24 bits per heavy atom. The van der Waals surface area contributed by atoms with Crippen LogP contribution >= 0.6 is 11.3 Å². The molecule has 0 bridgehead atoms. The Hall–Kier alpha value is -1.30. The first-order valence-electron chi connectivity index (χ1n) is 5.07. The van der Waals surface area contributed by atoms with Crippen LogP contribution in [0.25, 0.3) is 0 Å². The standard InChI is InChI=1S/C12H12F2N2S/c1-7-5-17-6-9(7)12(16-15)8-2-3-10(13)11(14)4-8/h2-6,12,16H,15H2,1H3. The molecule has 90 valence electrons. The van der Waals surface area contributed by atoms with Gasteiger partial charge in [-0.2, -0.15) is 11.3 Å². The van der Waals surface area contributed by atoms with Crippen molar-refractivity contribution < 1.29 is 8.78 Å². The largest absolute Gasteiger partial charge is 0.271 e. The summed E-state index contributed by atoms with van der Waals surface area (Å²) in [7, 11) is 0. The van der Waals surface area contributed by atoms with Crippen molar-refractivity contribution in [3.05, 3.63) is 57.3 Å². The fraction of sp³-hybridized carbons (Fsp3) is 0.167. The van der Waals surface area contributed by atoms with Gasteiger partial charge in [0, 0.05) is 0 Å². The van der Waals surface area contributed by atoms with Crippen LogP contribution in [0.5, 0.6) is 0 Å². The molecule has 1 atom stereocenters. The van der Waals surface area contributed by atoms with Crippen LogP contribution in [0.4, 0.5) is 8.78 Å². The van der Waals surface area contributed by atoms with Crippen LogP contribution < -0.4 is 11.3 Å². The number of halogens is 2. The van der Waals surface area contributed by atoms with Crippen LogP contribution in [0.3, 0.4) is 0 Å². The Balaban J connectivity index is 2.42. The van der Waals surface area contributed by atoms with Gasteiger partial charge in [-0.05, 0) is 46.5 Å². The lowest BCUT2D eigenvalue weighted by molar-refractivity contribution is 0.504. The molecule has 0 aliphatic carbocycles. The third-order valence-corrected chi connectivity index (χ3v) is 3.53. The van der Waals surface area contributed by atoms with Crippen LogP contribution in [0, 0.1) is 18.6 Å². The molecule has 2 aromatic rings. The number of thiophene rings is 1. The van der Waals surface area contributed by atoms with E-state index in [0.717, 1.165) is 23.3 Å². The minimum absolute atomic E-state index is 0.323. The average molecular weight is 254 g/mol. The second-order valence-corrected chi connectivity index (χ2v) is 4.53. The van der Waals surface area contributed by atoms with Crippen LogP contribution in [0.2, 0.25) is 0 Å². The molecule has 0 radical (unpaired) electrons. The van der Waals surface area contributed by atoms with Gasteiger partial charge in [0.15, 0.2) is 11.6 Å². The van der Waals surface area contributed by atoms with Gasteiger partial charge in [-0.25, -0.2) is 14.2 Å². The zero-order valence-electron chi connectivity index (χ0n) is 9.21. The van der Waals surface area contributed by atoms with Gasteiger partial charge in [-0.15, -0.1) is 0 Å². The van der Waals surface area contributed by atoms with E-state index in [9.17, 15) is 8.78 Å². The number of aryl methyl sites for hydroxylation is 1. The molecule has 1 aromatic carbocycles. The molecular weight excluding hydrogens is 242 g/mol. The fourth-order valence-electron chi connectivity index (χ4n) is 1.72. The van der Waals surface area contributed by atoms with Crippen molar-refractivity contribution in [1.29, 1.82) is 0 Å². The highest BCUT2D eigenvalue weighted by Crippen LogP contribution is 2.27. The summed E-state index contributed by atoms with van der Waals surface area (Å²) in [6.07, 6.45) is 0. The Labute approximate surface area is 102 Å². The predicted molar refractivity (Wildman–Crippen MR) is 64.6 cm³/mol. The average Bonchev–Trinajstić information content (AvgIpc) is 2.71. The van der Waals surface area contributed by atoms with Gasteiger partial charge in [-0.1, -0.05) is 6.07 Å². The first-order chi connectivity index (χ1) is 8.13. The topological polar surface area (TPSA) is 38.0 Å². The van der Waals surface area contributed by atoms with Gasteiger partial charge >= 0.3 is 0 Å². The molecule has 3 N–H and O–H groups in total. The van der Waals surface area contributed by atoms with Crippen molar-refractivity contribution in [3.8, 4) is 0 Å². The SMILES string of the molecule is Cc1cscc1C(NN)c1ccc(F)c(F)c1. The maximum atomic E-state index is 13.2. The van der Waals surface area contributed by atoms with E-state index in [2.05, 4.69) is 5.43 Å². The van der Waals surface area contributed by atoms with Gasteiger partial charge < -0.3 is 0 Å². The van der Waals surface area contributed by atoms with E-state index >= 15 is 0 Å². The minimum atomic E-state index is -0.865. The molecule has 2 nitrogen and oxygen atoms in total. The van der Waals surface area contributed by atoms with Crippen LogP contribution in [0.15, 0.2) is 29.0 Å². The molecule has 0 amide bonds. The van der Waals surface area contributed by atoms with E-state index < -0.39 is 11.6 Å². The molecule has 1 heterocycles. The fourth-order valence-corrected chi connectivity index (χ4v) is 2.60. The molecule has 0 aliphatic rings. The van der Waals surface area contributed by atoms with E-state index in [1.165, 1.54) is 6.07 Å². The third-order valence-electron chi connectivity index (χ3n) is 2.65. The molecule has 2 rings (SSSR count). The molecule has 17 heavy (non-hydrogen) atoms. The number of hydrogen-bond acceptors (Lipinski definition) is 3. The summed E-state index contributed by atoms with van der Waals surface area (Å²) in [5, 5.41) is 3.93. The van der Waals surface area contributed by atoms with Crippen molar-refractivity contribution in [3.63, 3.8) is 0 Å². The van der Waals surface area contributed by atoms with Crippen LogP contribution in [-0.2, 0) is 0 Å². The number of nitrogens with one attached hydrogen (secondary N) is 1. The molecule has 1 unspecified atom stereocenters.